The van der Waals surface area contributed by atoms with Gasteiger partial charge in [0.05, 0.1) is 6.61 Å². The molecule has 0 aliphatic rings. The molecule has 1 unspecified atom stereocenters. The molecule has 0 heterocycles. The van der Waals surface area contributed by atoms with E-state index in [0.29, 0.717) is 19.4 Å². The Morgan fingerprint density at radius 3 is 1.29 bits per heavy atom. The lowest BCUT2D eigenvalue weighted by atomic mass is 10.1. The number of carbonyl (C=O) groups excluding carboxylic acids is 2. The zero-order valence-electron chi connectivity index (χ0n) is 37.7. The molecule has 0 bridgehead atoms. The van der Waals surface area contributed by atoms with Crippen molar-refractivity contribution in [1.29, 1.82) is 0 Å². The van der Waals surface area contributed by atoms with Crippen LogP contribution in [0.1, 0.15) is 252 Å². The van der Waals surface area contributed by atoms with Crippen molar-refractivity contribution in [2.75, 3.05) is 19.8 Å². The monoisotopic (exact) mass is 787 g/mol. The van der Waals surface area contributed by atoms with Gasteiger partial charge < -0.3 is 14.2 Å². The van der Waals surface area contributed by atoms with Crippen LogP contribution in [0, 0.1) is 0 Å². The van der Waals surface area contributed by atoms with E-state index in [2.05, 4.69) is 57.2 Å². The third-order valence-electron chi connectivity index (χ3n) is 10.6. The van der Waals surface area contributed by atoms with Crippen LogP contribution in [-0.4, -0.2) is 37.9 Å². The summed E-state index contributed by atoms with van der Waals surface area (Å²) in [5, 5.41) is 0. The van der Waals surface area contributed by atoms with E-state index in [4.69, 9.17) is 14.2 Å². The summed E-state index contributed by atoms with van der Waals surface area (Å²) in [4.78, 5) is 25.2. The maximum atomic E-state index is 12.7. The summed E-state index contributed by atoms with van der Waals surface area (Å²) >= 11 is 0. The van der Waals surface area contributed by atoms with Gasteiger partial charge in [-0.3, -0.25) is 9.59 Å². The molecule has 0 aromatic rings. The third kappa shape index (κ3) is 44.8. The number of unbranched alkanes of at least 4 members (excludes halogenated alkanes) is 28. The van der Waals surface area contributed by atoms with Crippen molar-refractivity contribution in [3.8, 4) is 0 Å². The summed E-state index contributed by atoms with van der Waals surface area (Å²) in [5.74, 6) is -0.399. The fourth-order valence-corrected chi connectivity index (χ4v) is 6.93. The molecule has 0 N–H and O–H groups in total. The quantitative estimate of drug-likeness (QED) is 0.0349. The minimum Gasteiger partial charge on any atom is -0.462 e. The van der Waals surface area contributed by atoms with Crippen LogP contribution in [-0.2, 0) is 23.8 Å². The molecule has 5 heteroatoms. The van der Waals surface area contributed by atoms with Gasteiger partial charge in [-0.2, -0.15) is 0 Å². The van der Waals surface area contributed by atoms with Crippen molar-refractivity contribution < 1.29 is 23.8 Å². The van der Waals surface area contributed by atoms with Crippen LogP contribution in [0.15, 0.2) is 36.5 Å². The molecule has 0 aromatic heterocycles. The van der Waals surface area contributed by atoms with Gasteiger partial charge in [-0.05, 0) is 70.6 Å². The summed E-state index contributed by atoms with van der Waals surface area (Å²) in [6.45, 7) is 7.76. The standard InChI is InChI=1S/C51H94O5/c1-4-7-10-13-16-19-21-23-24-25-26-27-28-29-30-33-35-38-41-44-50(52)55-48-49(56-51(53)45-42-39-36-32-18-15-12-9-6-3)47-54-46-43-40-37-34-31-22-20-17-14-11-8-5-2/h14,16-17,19,23-24,49H,4-13,15,18,20-22,25-48H2,1-3H3/b17-14-,19-16-,24-23-. The number of allylic oxidation sites excluding steroid dienone is 6. The maximum absolute atomic E-state index is 12.7. The van der Waals surface area contributed by atoms with E-state index in [-0.39, 0.29) is 25.2 Å². The van der Waals surface area contributed by atoms with Crippen molar-refractivity contribution >= 4 is 11.9 Å². The molecule has 0 radical (unpaired) electrons. The number of esters is 2. The highest BCUT2D eigenvalue weighted by Crippen LogP contribution is 2.14. The molecule has 0 aliphatic carbocycles. The zero-order chi connectivity index (χ0) is 40.7. The van der Waals surface area contributed by atoms with E-state index in [1.54, 1.807) is 0 Å². The van der Waals surface area contributed by atoms with Gasteiger partial charge >= 0.3 is 11.9 Å². The summed E-state index contributed by atoms with van der Waals surface area (Å²) in [6, 6.07) is 0. The molecule has 0 fully saturated rings. The Morgan fingerprint density at radius 2 is 0.768 bits per heavy atom. The van der Waals surface area contributed by atoms with Crippen molar-refractivity contribution in [1.82, 2.24) is 0 Å². The predicted octanol–water partition coefficient (Wildman–Crippen LogP) is 16.2. The highest BCUT2D eigenvalue weighted by Gasteiger charge is 2.17. The van der Waals surface area contributed by atoms with E-state index in [9.17, 15) is 9.59 Å². The van der Waals surface area contributed by atoms with Crippen LogP contribution in [0.25, 0.3) is 0 Å². The molecule has 0 rings (SSSR count). The number of ether oxygens (including phenoxy) is 3. The smallest absolute Gasteiger partial charge is 0.306 e. The summed E-state index contributed by atoms with van der Waals surface area (Å²) in [7, 11) is 0. The van der Waals surface area contributed by atoms with E-state index in [1.165, 1.54) is 173 Å². The predicted molar refractivity (Wildman–Crippen MR) is 242 cm³/mol. The second kappa shape index (κ2) is 47.5. The second-order valence-electron chi connectivity index (χ2n) is 16.4. The maximum Gasteiger partial charge on any atom is 0.306 e. The molecule has 56 heavy (non-hydrogen) atoms. The first kappa shape index (κ1) is 54.1. The van der Waals surface area contributed by atoms with Gasteiger partial charge in [0.2, 0.25) is 0 Å². The highest BCUT2D eigenvalue weighted by atomic mass is 16.6. The molecule has 5 nitrogen and oxygen atoms in total. The van der Waals surface area contributed by atoms with Crippen LogP contribution in [0.4, 0.5) is 0 Å². The minimum absolute atomic E-state index is 0.0845. The summed E-state index contributed by atoms with van der Waals surface area (Å²) < 4.78 is 17.3. The van der Waals surface area contributed by atoms with Gasteiger partial charge in [0, 0.05) is 19.4 Å². The van der Waals surface area contributed by atoms with Crippen LogP contribution >= 0.6 is 0 Å². The van der Waals surface area contributed by atoms with Gasteiger partial charge in [0.1, 0.15) is 6.61 Å². The highest BCUT2D eigenvalue weighted by molar-refractivity contribution is 5.70. The minimum atomic E-state index is -0.534. The van der Waals surface area contributed by atoms with Crippen molar-refractivity contribution in [2.24, 2.45) is 0 Å². The van der Waals surface area contributed by atoms with Crippen molar-refractivity contribution in [3.05, 3.63) is 36.5 Å². The summed E-state index contributed by atoms with van der Waals surface area (Å²) in [5.41, 5.74) is 0. The number of hydrogen-bond acceptors (Lipinski definition) is 5. The molecule has 0 saturated carbocycles. The Hall–Kier alpha value is -1.88. The lowest BCUT2D eigenvalue weighted by Gasteiger charge is -2.18. The second-order valence-corrected chi connectivity index (χ2v) is 16.4. The molecule has 0 aromatic carbocycles. The Morgan fingerprint density at radius 1 is 0.393 bits per heavy atom. The molecule has 1 atom stereocenters. The molecule has 0 aliphatic heterocycles. The van der Waals surface area contributed by atoms with Crippen molar-refractivity contribution in [3.63, 3.8) is 0 Å². The first-order chi connectivity index (χ1) is 27.6. The SMILES string of the molecule is CCCC/C=C\CCCCCCCCOCC(COC(=O)CCCCCCCCCCC/C=C\C/C=C\CCCCC)OC(=O)CCCCCCCCCCC. The van der Waals surface area contributed by atoms with E-state index >= 15 is 0 Å². The van der Waals surface area contributed by atoms with Crippen molar-refractivity contribution in [2.45, 2.75) is 258 Å². The van der Waals surface area contributed by atoms with Gasteiger partial charge in [0.25, 0.3) is 0 Å². The molecular formula is C51H94O5. The Kier molecular flexibility index (Phi) is 45.9. The van der Waals surface area contributed by atoms with Crippen LogP contribution in [0.2, 0.25) is 0 Å². The fourth-order valence-electron chi connectivity index (χ4n) is 6.93. The molecule has 328 valence electrons. The topological polar surface area (TPSA) is 61.8 Å². The molecular weight excluding hydrogens is 693 g/mol. The van der Waals surface area contributed by atoms with Crippen LogP contribution in [0.5, 0.6) is 0 Å². The lowest BCUT2D eigenvalue weighted by molar-refractivity contribution is -0.163. The number of rotatable bonds is 45. The Labute approximate surface area is 349 Å². The molecule has 0 amide bonds. The van der Waals surface area contributed by atoms with E-state index < -0.39 is 6.10 Å². The first-order valence-corrected chi connectivity index (χ1v) is 24.5. The van der Waals surface area contributed by atoms with Crippen LogP contribution in [0.3, 0.4) is 0 Å². The fraction of sp³-hybridized carbons (Fsp3) is 0.843. The largest absolute Gasteiger partial charge is 0.462 e. The van der Waals surface area contributed by atoms with Gasteiger partial charge in [0.15, 0.2) is 6.10 Å². The first-order valence-electron chi connectivity index (χ1n) is 24.5. The zero-order valence-corrected chi connectivity index (χ0v) is 37.7. The number of carbonyl (C=O) groups is 2. The van der Waals surface area contributed by atoms with Gasteiger partial charge in [-0.25, -0.2) is 0 Å². The van der Waals surface area contributed by atoms with Gasteiger partial charge in [-0.15, -0.1) is 0 Å². The Bertz CT molecular complexity index is 893. The van der Waals surface area contributed by atoms with Gasteiger partial charge in [-0.1, -0.05) is 205 Å². The molecule has 0 saturated heterocycles. The normalized spacial score (nSPS) is 12.4. The average Bonchev–Trinajstić information content (AvgIpc) is 3.20. The third-order valence-corrected chi connectivity index (χ3v) is 10.6. The summed E-state index contributed by atoms with van der Waals surface area (Å²) in [6.07, 6.45) is 55.7. The van der Waals surface area contributed by atoms with Crippen LogP contribution < -0.4 is 0 Å². The Balaban J connectivity index is 4.15. The molecule has 0 spiro atoms. The van der Waals surface area contributed by atoms with E-state index in [1.807, 2.05) is 0 Å². The number of hydrogen-bond donors (Lipinski definition) is 0. The lowest BCUT2D eigenvalue weighted by Crippen LogP contribution is -2.30. The van der Waals surface area contributed by atoms with E-state index in [0.717, 1.165) is 44.9 Å². The average molecular weight is 787 g/mol.